The topological polar surface area (TPSA) is 46.3 Å². The van der Waals surface area contributed by atoms with E-state index in [1.54, 1.807) is 6.07 Å². The number of hydrogen-bond acceptors (Lipinski definition) is 3. The third-order valence-electron chi connectivity index (χ3n) is 3.27. The van der Waals surface area contributed by atoms with Gasteiger partial charge in [-0.2, -0.15) is 0 Å². The average molecular weight is 307 g/mol. The lowest BCUT2D eigenvalue weighted by atomic mass is 9.94. The molecule has 1 fully saturated rings. The summed E-state index contributed by atoms with van der Waals surface area (Å²) in [6, 6.07) is 1.66. The molecule has 1 aliphatic heterocycles. The minimum absolute atomic E-state index is 0.00938. The highest BCUT2D eigenvalue weighted by Gasteiger charge is 2.26. The predicted molar refractivity (Wildman–Crippen MR) is 76.6 cm³/mol. The van der Waals surface area contributed by atoms with E-state index < -0.39 is 0 Å². The molecule has 0 bridgehead atoms. The minimum atomic E-state index is -0.00938. The van der Waals surface area contributed by atoms with E-state index >= 15 is 0 Å². The van der Waals surface area contributed by atoms with E-state index in [1.165, 1.54) is 11.3 Å². The van der Waals surface area contributed by atoms with Crippen LogP contribution >= 0.6 is 34.5 Å². The summed E-state index contributed by atoms with van der Waals surface area (Å²) in [5.41, 5.74) is 6.11. The average Bonchev–Trinajstić information content (AvgIpc) is 2.68. The molecule has 0 aliphatic carbocycles. The van der Waals surface area contributed by atoms with Crippen LogP contribution in [0.5, 0.6) is 0 Å². The summed E-state index contributed by atoms with van der Waals surface area (Å²) in [4.78, 5) is 14.2. The number of halogens is 2. The fourth-order valence-corrected chi connectivity index (χ4v) is 3.83. The summed E-state index contributed by atoms with van der Waals surface area (Å²) in [5, 5.41) is 0. The Balaban J connectivity index is 2.06. The Bertz CT molecular complexity index is 434. The number of nitrogens with zero attached hydrogens (tertiary/aromatic N) is 1. The SMILES string of the molecule is NCCC1CCCN(C(=O)c2cc(Cl)sc2Cl)C1. The summed E-state index contributed by atoms with van der Waals surface area (Å²) in [5.74, 6) is 0.505. The third kappa shape index (κ3) is 3.18. The standard InChI is InChI=1S/C12H16Cl2N2OS/c13-10-6-9(11(14)18-10)12(17)16-5-1-2-8(7-16)3-4-15/h6,8H,1-5,7,15H2. The first-order valence-electron chi connectivity index (χ1n) is 6.06. The number of amides is 1. The zero-order valence-corrected chi connectivity index (χ0v) is 12.3. The number of thiophene rings is 1. The van der Waals surface area contributed by atoms with Crippen LogP contribution in [0.25, 0.3) is 0 Å². The lowest BCUT2D eigenvalue weighted by molar-refractivity contribution is 0.0670. The Labute approximate surface area is 121 Å². The van der Waals surface area contributed by atoms with Gasteiger partial charge in [0.05, 0.1) is 9.90 Å². The van der Waals surface area contributed by atoms with Gasteiger partial charge in [0.1, 0.15) is 4.34 Å². The van der Waals surface area contributed by atoms with Crippen LogP contribution in [0.4, 0.5) is 0 Å². The molecule has 1 aliphatic rings. The van der Waals surface area contributed by atoms with Crippen molar-refractivity contribution in [3.05, 3.63) is 20.3 Å². The van der Waals surface area contributed by atoms with Gasteiger partial charge in [0, 0.05) is 13.1 Å². The predicted octanol–water partition coefficient (Wildman–Crippen LogP) is 3.26. The van der Waals surface area contributed by atoms with E-state index in [1.807, 2.05) is 4.90 Å². The normalized spacial score (nSPS) is 20.2. The van der Waals surface area contributed by atoms with Crippen LogP contribution in [0, 0.1) is 5.92 Å². The summed E-state index contributed by atoms with van der Waals surface area (Å²) in [6.07, 6.45) is 3.16. The summed E-state index contributed by atoms with van der Waals surface area (Å²) >= 11 is 13.1. The van der Waals surface area contributed by atoms with Gasteiger partial charge >= 0.3 is 0 Å². The molecule has 1 atom stereocenters. The maximum Gasteiger partial charge on any atom is 0.256 e. The van der Waals surface area contributed by atoms with Gasteiger partial charge in [-0.15, -0.1) is 11.3 Å². The lowest BCUT2D eigenvalue weighted by Crippen LogP contribution is -2.40. The summed E-state index contributed by atoms with van der Waals surface area (Å²) < 4.78 is 1.03. The number of carbonyl (C=O) groups is 1. The molecule has 0 radical (unpaired) electrons. The van der Waals surface area contributed by atoms with Crippen molar-refractivity contribution >= 4 is 40.4 Å². The Hall–Kier alpha value is -0.290. The molecule has 100 valence electrons. The molecule has 0 aromatic carbocycles. The Morgan fingerprint density at radius 1 is 1.56 bits per heavy atom. The molecule has 1 aromatic heterocycles. The highest BCUT2D eigenvalue weighted by molar-refractivity contribution is 7.20. The van der Waals surface area contributed by atoms with Crippen molar-refractivity contribution in [3.8, 4) is 0 Å². The Morgan fingerprint density at radius 3 is 2.94 bits per heavy atom. The number of carbonyl (C=O) groups excluding carboxylic acids is 1. The molecular weight excluding hydrogens is 291 g/mol. The largest absolute Gasteiger partial charge is 0.338 e. The van der Waals surface area contributed by atoms with E-state index in [0.717, 1.165) is 32.4 Å². The maximum atomic E-state index is 12.3. The zero-order chi connectivity index (χ0) is 13.1. The summed E-state index contributed by atoms with van der Waals surface area (Å²) in [7, 11) is 0. The van der Waals surface area contributed by atoms with Crippen LogP contribution in [0.2, 0.25) is 8.67 Å². The van der Waals surface area contributed by atoms with Crippen molar-refractivity contribution in [1.29, 1.82) is 0 Å². The molecule has 1 aromatic rings. The Morgan fingerprint density at radius 2 is 2.33 bits per heavy atom. The van der Waals surface area contributed by atoms with Crippen molar-refractivity contribution in [2.45, 2.75) is 19.3 Å². The molecule has 18 heavy (non-hydrogen) atoms. The second-order valence-electron chi connectivity index (χ2n) is 4.57. The zero-order valence-electron chi connectivity index (χ0n) is 9.99. The molecule has 2 N–H and O–H groups in total. The van der Waals surface area contributed by atoms with E-state index in [-0.39, 0.29) is 5.91 Å². The maximum absolute atomic E-state index is 12.3. The third-order valence-corrected chi connectivity index (χ3v) is 4.76. The van der Waals surface area contributed by atoms with Crippen molar-refractivity contribution in [2.24, 2.45) is 11.7 Å². The second kappa shape index (κ2) is 6.24. The van der Waals surface area contributed by atoms with Gasteiger partial charge in [-0.3, -0.25) is 4.79 Å². The fraction of sp³-hybridized carbons (Fsp3) is 0.583. The van der Waals surface area contributed by atoms with Gasteiger partial charge in [-0.1, -0.05) is 23.2 Å². The molecule has 1 saturated heterocycles. The highest BCUT2D eigenvalue weighted by atomic mass is 35.5. The number of likely N-dealkylation sites (tertiary alicyclic amines) is 1. The van der Waals surface area contributed by atoms with Gasteiger partial charge in [0.2, 0.25) is 0 Å². The van der Waals surface area contributed by atoms with Crippen molar-refractivity contribution < 1.29 is 4.79 Å². The van der Waals surface area contributed by atoms with Crippen molar-refractivity contribution in [1.82, 2.24) is 4.90 Å². The lowest BCUT2D eigenvalue weighted by Gasteiger charge is -2.32. The van der Waals surface area contributed by atoms with Crippen LogP contribution in [-0.2, 0) is 0 Å². The Kier molecular flexibility index (Phi) is 4.90. The van der Waals surface area contributed by atoms with Crippen LogP contribution in [0.3, 0.4) is 0 Å². The highest BCUT2D eigenvalue weighted by Crippen LogP contribution is 2.32. The number of hydrogen-bond donors (Lipinski definition) is 1. The molecule has 1 amide bonds. The molecule has 0 saturated carbocycles. The van der Waals surface area contributed by atoms with Crippen LogP contribution < -0.4 is 5.73 Å². The molecule has 3 nitrogen and oxygen atoms in total. The molecule has 6 heteroatoms. The van der Waals surface area contributed by atoms with Gasteiger partial charge in [-0.25, -0.2) is 0 Å². The van der Waals surface area contributed by atoms with E-state index in [4.69, 9.17) is 28.9 Å². The fourth-order valence-electron chi connectivity index (χ4n) is 2.38. The number of rotatable bonds is 3. The summed E-state index contributed by atoms with van der Waals surface area (Å²) in [6.45, 7) is 2.25. The second-order valence-corrected chi connectivity index (χ2v) is 6.86. The minimum Gasteiger partial charge on any atom is -0.338 e. The molecule has 1 unspecified atom stereocenters. The van der Waals surface area contributed by atoms with E-state index in [9.17, 15) is 4.79 Å². The van der Waals surface area contributed by atoms with Gasteiger partial charge < -0.3 is 10.6 Å². The quantitative estimate of drug-likeness (QED) is 0.931. The first-order valence-corrected chi connectivity index (χ1v) is 7.63. The van der Waals surface area contributed by atoms with Gasteiger partial charge in [-0.05, 0) is 37.8 Å². The monoisotopic (exact) mass is 306 g/mol. The van der Waals surface area contributed by atoms with Crippen molar-refractivity contribution in [2.75, 3.05) is 19.6 Å². The molecule has 0 spiro atoms. The van der Waals surface area contributed by atoms with Gasteiger partial charge in [0.25, 0.3) is 5.91 Å². The van der Waals surface area contributed by atoms with E-state index in [2.05, 4.69) is 0 Å². The molecular formula is C12H16Cl2N2OS. The van der Waals surface area contributed by atoms with Crippen molar-refractivity contribution in [3.63, 3.8) is 0 Å². The van der Waals surface area contributed by atoms with E-state index in [0.29, 0.717) is 26.7 Å². The van der Waals surface area contributed by atoms with Crippen LogP contribution in [0.1, 0.15) is 29.6 Å². The van der Waals surface area contributed by atoms with Crippen LogP contribution in [-0.4, -0.2) is 30.4 Å². The molecule has 2 rings (SSSR count). The van der Waals surface area contributed by atoms with Gasteiger partial charge in [0.15, 0.2) is 0 Å². The van der Waals surface area contributed by atoms with Crippen LogP contribution in [0.15, 0.2) is 6.07 Å². The molecule has 2 heterocycles. The first kappa shape index (κ1) is 14.1. The number of piperidine rings is 1. The number of nitrogens with two attached hydrogens (primary N) is 1. The smallest absolute Gasteiger partial charge is 0.256 e. The first-order chi connectivity index (χ1) is 8.61.